The zero-order chi connectivity index (χ0) is 19.2. The summed E-state index contributed by atoms with van der Waals surface area (Å²) in [7, 11) is 0. The Labute approximate surface area is 162 Å². The number of amides is 3. The average molecular weight is 388 g/mol. The van der Waals surface area contributed by atoms with Crippen LogP contribution in [0.25, 0.3) is 0 Å². The molecule has 3 amide bonds. The van der Waals surface area contributed by atoms with E-state index >= 15 is 0 Å². The van der Waals surface area contributed by atoms with Gasteiger partial charge in [0, 0.05) is 36.1 Å². The molecule has 0 saturated carbocycles. The molecule has 1 saturated heterocycles. The Kier molecular flexibility index (Phi) is 6.26. The van der Waals surface area contributed by atoms with Crippen LogP contribution in [-0.2, 0) is 0 Å². The third-order valence-electron chi connectivity index (χ3n) is 4.35. The van der Waals surface area contributed by atoms with Crippen molar-refractivity contribution in [3.8, 4) is 0 Å². The number of anilines is 2. The summed E-state index contributed by atoms with van der Waals surface area (Å²) in [5, 5.41) is 12.2. The predicted octanol–water partition coefficient (Wildman–Crippen LogP) is 3.25. The highest BCUT2D eigenvalue weighted by Crippen LogP contribution is 2.14. The van der Waals surface area contributed by atoms with E-state index in [1.165, 1.54) is 6.20 Å². The normalized spacial score (nSPS) is 19.2. The van der Waals surface area contributed by atoms with Gasteiger partial charge in [0.25, 0.3) is 5.91 Å². The topological polar surface area (TPSA) is 95.2 Å². The van der Waals surface area contributed by atoms with Gasteiger partial charge in [-0.2, -0.15) is 0 Å². The molecular weight excluding hydrogens is 366 g/mol. The molecule has 4 N–H and O–H groups in total. The minimum atomic E-state index is -0.320. The largest absolute Gasteiger partial charge is 0.334 e. The number of carbonyl (C=O) groups excluding carboxylic acids is 2. The third-order valence-corrected chi connectivity index (χ3v) is 4.57. The van der Waals surface area contributed by atoms with Crippen molar-refractivity contribution in [3.63, 3.8) is 0 Å². The van der Waals surface area contributed by atoms with Crippen molar-refractivity contribution in [2.24, 2.45) is 0 Å². The van der Waals surface area contributed by atoms with Crippen molar-refractivity contribution in [3.05, 3.63) is 53.2 Å². The Morgan fingerprint density at radius 1 is 1.19 bits per heavy atom. The van der Waals surface area contributed by atoms with E-state index in [9.17, 15) is 9.59 Å². The Balaban J connectivity index is 1.57. The lowest BCUT2D eigenvalue weighted by Gasteiger charge is -2.28. The van der Waals surface area contributed by atoms with Crippen molar-refractivity contribution in [2.45, 2.75) is 31.8 Å². The first-order valence-corrected chi connectivity index (χ1v) is 9.21. The standard InChI is InChI=1S/C19H22ClN5O2/c1-12-5-7-16(11-21-12)24-19(27)23-15-4-2-3-13(9-15)18(26)25-17-8-6-14(20)10-22-17/h2-4,6,8-10,12,16,21H,5,7,11H2,1H3,(H,22,25,26)(H2,23,24,27). The molecule has 1 aromatic heterocycles. The van der Waals surface area contributed by atoms with E-state index in [0.717, 1.165) is 19.4 Å². The maximum absolute atomic E-state index is 12.4. The van der Waals surface area contributed by atoms with Gasteiger partial charge < -0.3 is 21.3 Å². The molecule has 7 nitrogen and oxygen atoms in total. The number of urea groups is 1. The molecule has 2 aromatic rings. The summed E-state index contributed by atoms with van der Waals surface area (Å²) in [6.45, 7) is 2.89. The first-order chi connectivity index (χ1) is 13.0. The Hall–Kier alpha value is -2.64. The second-order valence-corrected chi connectivity index (χ2v) is 7.02. The fourth-order valence-corrected chi connectivity index (χ4v) is 2.96. The molecule has 2 unspecified atom stereocenters. The van der Waals surface area contributed by atoms with Gasteiger partial charge in [-0.1, -0.05) is 17.7 Å². The van der Waals surface area contributed by atoms with Gasteiger partial charge in [0.2, 0.25) is 0 Å². The molecule has 8 heteroatoms. The summed E-state index contributed by atoms with van der Waals surface area (Å²) in [6, 6.07) is 10.3. The van der Waals surface area contributed by atoms with Crippen molar-refractivity contribution in [1.29, 1.82) is 0 Å². The van der Waals surface area contributed by atoms with E-state index in [-0.39, 0.29) is 18.0 Å². The smallest absolute Gasteiger partial charge is 0.319 e. The number of piperidine rings is 1. The van der Waals surface area contributed by atoms with Crippen LogP contribution in [0.4, 0.5) is 16.3 Å². The van der Waals surface area contributed by atoms with E-state index in [4.69, 9.17) is 11.6 Å². The van der Waals surface area contributed by atoms with E-state index in [1.807, 2.05) is 0 Å². The van der Waals surface area contributed by atoms with E-state index in [2.05, 4.69) is 33.2 Å². The van der Waals surface area contributed by atoms with Crippen molar-refractivity contribution in [2.75, 3.05) is 17.2 Å². The maximum atomic E-state index is 12.4. The van der Waals surface area contributed by atoms with Gasteiger partial charge in [-0.15, -0.1) is 0 Å². The SMILES string of the molecule is CC1CCC(NC(=O)Nc2cccc(C(=O)Nc3ccc(Cl)cn3)c2)CN1. The van der Waals surface area contributed by atoms with Gasteiger partial charge >= 0.3 is 6.03 Å². The van der Waals surface area contributed by atoms with Crippen LogP contribution in [0, 0.1) is 0 Å². The molecule has 142 valence electrons. The van der Waals surface area contributed by atoms with Crippen LogP contribution in [0.2, 0.25) is 5.02 Å². The molecule has 2 heterocycles. The number of halogens is 1. The molecule has 1 aromatic carbocycles. The van der Waals surface area contributed by atoms with Crippen LogP contribution < -0.4 is 21.3 Å². The lowest BCUT2D eigenvalue weighted by molar-refractivity contribution is 0.102. The molecule has 0 spiro atoms. The number of hydrogen-bond acceptors (Lipinski definition) is 4. The second-order valence-electron chi connectivity index (χ2n) is 6.58. The van der Waals surface area contributed by atoms with Crippen LogP contribution in [0.5, 0.6) is 0 Å². The maximum Gasteiger partial charge on any atom is 0.319 e. The number of benzene rings is 1. The van der Waals surface area contributed by atoms with Gasteiger partial charge in [-0.3, -0.25) is 4.79 Å². The number of carbonyl (C=O) groups is 2. The van der Waals surface area contributed by atoms with Crippen LogP contribution in [0.15, 0.2) is 42.6 Å². The fourth-order valence-electron chi connectivity index (χ4n) is 2.85. The third kappa shape index (κ3) is 5.67. The van der Waals surface area contributed by atoms with E-state index in [0.29, 0.717) is 28.1 Å². The Bertz CT molecular complexity index is 804. The fraction of sp³-hybridized carbons (Fsp3) is 0.316. The number of nitrogens with one attached hydrogen (secondary N) is 4. The molecule has 27 heavy (non-hydrogen) atoms. The van der Waals surface area contributed by atoms with Crippen LogP contribution in [0.1, 0.15) is 30.1 Å². The highest BCUT2D eigenvalue weighted by molar-refractivity contribution is 6.30. The molecule has 3 rings (SSSR count). The molecule has 0 bridgehead atoms. The summed E-state index contributed by atoms with van der Waals surface area (Å²) < 4.78 is 0. The summed E-state index contributed by atoms with van der Waals surface area (Å²) in [5.41, 5.74) is 0.957. The minimum Gasteiger partial charge on any atom is -0.334 e. The lowest BCUT2D eigenvalue weighted by Crippen LogP contribution is -2.49. The summed E-state index contributed by atoms with van der Waals surface area (Å²) in [6.07, 6.45) is 3.43. The molecule has 0 radical (unpaired) electrons. The number of rotatable bonds is 4. The first kappa shape index (κ1) is 19.1. The van der Waals surface area contributed by atoms with Crippen molar-refractivity contribution < 1.29 is 9.59 Å². The second kappa shape index (κ2) is 8.83. The molecule has 1 aliphatic rings. The molecular formula is C19H22ClN5O2. The number of pyridine rings is 1. The van der Waals surface area contributed by atoms with Gasteiger partial charge in [0.15, 0.2) is 0 Å². The summed E-state index contributed by atoms with van der Waals surface area (Å²) in [4.78, 5) is 28.6. The lowest BCUT2D eigenvalue weighted by atomic mass is 10.0. The highest BCUT2D eigenvalue weighted by Gasteiger charge is 2.19. The quantitative estimate of drug-likeness (QED) is 0.647. The predicted molar refractivity (Wildman–Crippen MR) is 106 cm³/mol. The monoisotopic (exact) mass is 387 g/mol. The zero-order valence-corrected chi connectivity index (χ0v) is 15.7. The molecule has 0 aliphatic carbocycles. The number of aromatic nitrogens is 1. The summed E-state index contributed by atoms with van der Waals surface area (Å²) >= 11 is 5.79. The van der Waals surface area contributed by atoms with Crippen LogP contribution in [0.3, 0.4) is 0 Å². The average Bonchev–Trinajstić information content (AvgIpc) is 2.65. The molecule has 1 aliphatic heterocycles. The molecule has 1 fully saturated rings. The zero-order valence-electron chi connectivity index (χ0n) is 15.0. The van der Waals surface area contributed by atoms with E-state index < -0.39 is 0 Å². The highest BCUT2D eigenvalue weighted by atomic mass is 35.5. The van der Waals surface area contributed by atoms with E-state index in [1.54, 1.807) is 36.4 Å². The summed E-state index contributed by atoms with van der Waals surface area (Å²) in [5.74, 6) is 0.0823. The number of nitrogens with zero attached hydrogens (tertiary/aromatic N) is 1. The van der Waals surface area contributed by atoms with Gasteiger partial charge in [-0.25, -0.2) is 9.78 Å². The molecule has 2 atom stereocenters. The van der Waals surface area contributed by atoms with Crippen molar-refractivity contribution in [1.82, 2.24) is 15.6 Å². The van der Waals surface area contributed by atoms with Crippen LogP contribution in [-0.4, -0.2) is 35.6 Å². The van der Waals surface area contributed by atoms with Gasteiger partial charge in [0.1, 0.15) is 5.82 Å². The number of hydrogen-bond donors (Lipinski definition) is 4. The minimum absolute atomic E-state index is 0.101. The van der Waals surface area contributed by atoms with Gasteiger partial charge in [0.05, 0.1) is 5.02 Å². The van der Waals surface area contributed by atoms with Crippen molar-refractivity contribution >= 4 is 35.0 Å². The first-order valence-electron chi connectivity index (χ1n) is 8.83. The Morgan fingerprint density at radius 2 is 2.04 bits per heavy atom. The van der Waals surface area contributed by atoms with Gasteiger partial charge in [-0.05, 0) is 50.1 Å². The Morgan fingerprint density at radius 3 is 2.74 bits per heavy atom. The van der Waals surface area contributed by atoms with Crippen LogP contribution >= 0.6 is 11.6 Å².